The Balaban J connectivity index is 1.99. The van der Waals surface area contributed by atoms with E-state index >= 15 is 0 Å². The number of pyridine rings is 1. The molecule has 0 unspecified atom stereocenters. The summed E-state index contributed by atoms with van der Waals surface area (Å²) in [5.74, 6) is 0.349. The number of ether oxygens (including phenoxy) is 1. The Morgan fingerprint density at radius 3 is 2.70 bits per heavy atom. The minimum absolute atomic E-state index is 0.226. The van der Waals surface area contributed by atoms with Crippen molar-refractivity contribution in [3.05, 3.63) is 65.3 Å². The molecule has 1 heterocycles. The van der Waals surface area contributed by atoms with Gasteiger partial charge in [0, 0.05) is 17.5 Å². The number of aromatic nitrogens is 1. The molecule has 0 aliphatic carbocycles. The second-order valence-electron chi connectivity index (χ2n) is 5.07. The lowest BCUT2D eigenvalue weighted by Gasteiger charge is -2.20. The summed E-state index contributed by atoms with van der Waals surface area (Å²) in [6, 6.07) is 16.4. The SMILES string of the molecule is COc1ccc(Cl)cc1N(C)C(=O)c1ccc2ccccc2n1. The van der Waals surface area contributed by atoms with Gasteiger partial charge in [-0.3, -0.25) is 4.79 Å². The maximum absolute atomic E-state index is 12.7. The molecule has 0 N–H and O–H groups in total. The number of anilines is 1. The third-order valence-corrected chi connectivity index (χ3v) is 3.86. The highest BCUT2D eigenvalue weighted by Crippen LogP contribution is 2.31. The summed E-state index contributed by atoms with van der Waals surface area (Å²) in [4.78, 5) is 18.7. The Bertz CT molecular complexity index is 880. The van der Waals surface area contributed by atoms with E-state index in [2.05, 4.69) is 4.98 Å². The van der Waals surface area contributed by atoms with Gasteiger partial charge in [-0.05, 0) is 30.3 Å². The molecule has 23 heavy (non-hydrogen) atoms. The van der Waals surface area contributed by atoms with E-state index in [4.69, 9.17) is 16.3 Å². The van der Waals surface area contributed by atoms with Gasteiger partial charge >= 0.3 is 0 Å². The van der Waals surface area contributed by atoms with Gasteiger partial charge in [0.15, 0.2) is 0 Å². The summed E-state index contributed by atoms with van der Waals surface area (Å²) in [6.07, 6.45) is 0. The molecule has 3 rings (SSSR count). The molecule has 0 aliphatic heterocycles. The molecule has 0 atom stereocenters. The standard InChI is InChI=1S/C18H15ClN2O2/c1-21(16-11-13(19)8-10-17(16)23-2)18(22)15-9-7-12-5-3-4-6-14(12)20-15/h3-11H,1-2H3. The van der Waals surface area contributed by atoms with Crippen molar-refractivity contribution in [1.29, 1.82) is 0 Å². The maximum atomic E-state index is 12.7. The Morgan fingerprint density at radius 1 is 1.13 bits per heavy atom. The van der Waals surface area contributed by atoms with Crippen LogP contribution >= 0.6 is 11.6 Å². The van der Waals surface area contributed by atoms with Gasteiger partial charge in [-0.25, -0.2) is 4.98 Å². The van der Waals surface area contributed by atoms with Gasteiger partial charge in [-0.1, -0.05) is 35.9 Å². The smallest absolute Gasteiger partial charge is 0.276 e. The van der Waals surface area contributed by atoms with Crippen molar-refractivity contribution in [1.82, 2.24) is 4.98 Å². The summed E-state index contributed by atoms with van der Waals surface area (Å²) in [5.41, 5.74) is 1.75. The Kier molecular flexibility index (Phi) is 4.17. The second kappa shape index (κ2) is 6.26. The fourth-order valence-electron chi connectivity index (χ4n) is 2.39. The molecule has 116 valence electrons. The molecule has 0 aliphatic rings. The monoisotopic (exact) mass is 326 g/mol. The highest BCUT2D eigenvalue weighted by atomic mass is 35.5. The first kappa shape index (κ1) is 15.3. The number of rotatable bonds is 3. The third kappa shape index (κ3) is 2.98. The van der Waals surface area contributed by atoms with E-state index in [-0.39, 0.29) is 5.91 Å². The molecule has 2 aromatic carbocycles. The highest BCUT2D eigenvalue weighted by Gasteiger charge is 2.19. The lowest BCUT2D eigenvalue weighted by molar-refractivity contribution is 0.0988. The number of hydrogen-bond donors (Lipinski definition) is 0. The normalized spacial score (nSPS) is 10.6. The molecule has 4 nitrogen and oxygen atoms in total. The Labute approximate surface area is 139 Å². The van der Waals surface area contributed by atoms with Gasteiger partial charge < -0.3 is 9.64 Å². The number of carbonyl (C=O) groups excluding carboxylic acids is 1. The number of hydrogen-bond acceptors (Lipinski definition) is 3. The molecule has 0 bridgehead atoms. The molecule has 0 spiro atoms. The number of halogens is 1. The minimum Gasteiger partial charge on any atom is -0.495 e. The van der Waals surface area contributed by atoms with Crippen LogP contribution < -0.4 is 9.64 Å². The van der Waals surface area contributed by atoms with Crippen LogP contribution in [0.1, 0.15) is 10.5 Å². The molecule has 0 saturated heterocycles. The number of methoxy groups -OCH3 is 1. The molecule has 0 saturated carbocycles. The molecular formula is C18H15ClN2O2. The predicted molar refractivity (Wildman–Crippen MR) is 92.5 cm³/mol. The maximum Gasteiger partial charge on any atom is 0.276 e. The van der Waals surface area contributed by atoms with E-state index in [0.29, 0.717) is 22.2 Å². The van der Waals surface area contributed by atoms with E-state index in [9.17, 15) is 4.79 Å². The van der Waals surface area contributed by atoms with E-state index in [1.54, 1.807) is 38.4 Å². The van der Waals surface area contributed by atoms with E-state index < -0.39 is 0 Å². The average Bonchev–Trinajstić information content (AvgIpc) is 2.60. The van der Waals surface area contributed by atoms with Crippen molar-refractivity contribution >= 4 is 34.1 Å². The van der Waals surface area contributed by atoms with Crippen molar-refractivity contribution < 1.29 is 9.53 Å². The second-order valence-corrected chi connectivity index (χ2v) is 5.51. The van der Waals surface area contributed by atoms with Crippen LogP contribution in [0.5, 0.6) is 5.75 Å². The van der Waals surface area contributed by atoms with Crippen LogP contribution in [-0.2, 0) is 0 Å². The van der Waals surface area contributed by atoms with Crippen LogP contribution in [0.15, 0.2) is 54.6 Å². The van der Waals surface area contributed by atoms with Gasteiger partial charge in [-0.15, -0.1) is 0 Å². The van der Waals surface area contributed by atoms with E-state index in [1.807, 2.05) is 30.3 Å². The number of carbonyl (C=O) groups is 1. The molecule has 3 aromatic rings. The Hall–Kier alpha value is -2.59. The number of amides is 1. The number of benzene rings is 2. The van der Waals surface area contributed by atoms with E-state index in [0.717, 1.165) is 10.9 Å². The molecular weight excluding hydrogens is 312 g/mol. The van der Waals surface area contributed by atoms with Gasteiger partial charge in [0.2, 0.25) is 0 Å². The summed E-state index contributed by atoms with van der Waals surface area (Å²) in [5, 5.41) is 1.53. The summed E-state index contributed by atoms with van der Waals surface area (Å²) in [6.45, 7) is 0. The Morgan fingerprint density at radius 2 is 1.91 bits per heavy atom. The van der Waals surface area contributed by atoms with Crippen LogP contribution in [0.25, 0.3) is 10.9 Å². The van der Waals surface area contributed by atoms with Gasteiger partial charge in [0.25, 0.3) is 5.91 Å². The van der Waals surface area contributed by atoms with E-state index in [1.165, 1.54) is 4.90 Å². The van der Waals surface area contributed by atoms with Gasteiger partial charge in [-0.2, -0.15) is 0 Å². The number of nitrogens with zero attached hydrogens (tertiary/aromatic N) is 2. The van der Waals surface area contributed by atoms with Crippen molar-refractivity contribution in [3.63, 3.8) is 0 Å². The van der Waals surface area contributed by atoms with Crippen LogP contribution in [0.3, 0.4) is 0 Å². The lowest BCUT2D eigenvalue weighted by atomic mass is 10.2. The minimum atomic E-state index is -0.226. The third-order valence-electron chi connectivity index (χ3n) is 3.62. The first-order valence-electron chi connectivity index (χ1n) is 7.07. The van der Waals surface area contributed by atoms with Gasteiger partial charge in [0.1, 0.15) is 11.4 Å². The average molecular weight is 327 g/mol. The predicted octanol–water partition coefficient (Wildman–Crippen LogP) is 4.17. The van der Waals surface area contributed by atoms with Crippen LogP contribution in [0.2, 0.25) is 5.02 Å². The van der Waals surface area contributed by atoms with Gasteiger partial charge in [0.05, 0.1) is 18.3 Å². The van der Waals surface area contributed by atoms with Crippen molar-refractivity contribution in [2.24, 2.45) is 0 Å². The largest absolute Gasteiger partial charge is 0.495 e. The number of fused-ring (bicyclic) bond motifs is 1. The zero-order chi connectivity index (χ0) is 16.4. The lowest BCUT2D eigenvalue weighted by Crippen LogP contribution is -2.27. The summed E-state index contributed by atoms with van der Waals surface area (Å²) < 4.78 is 5.30. The first-order valence-corrected chi connectivity index (χ1v) is 7.45. The number of para-hydroxylation sites is 1. The first-order chi connectivity index (χ1) is 11.1. The molecule has 5 heteroatoms. The van der Waals surface area contributed by atoms with Crippen LogP contribution in [-0.4, -0.2) is 25.0 Å². The zero-order valence-electron chi connectivity index (χ0n) is 12.8. The van der Waals surface area contributed by atoms with Crippen LogP contribution in [0, 0.1) is 0 Å². The summed E-state index contributed by atoms with van der Waals surface area (Å²) in [7, 11) is 3.23. The molecule has 1 aromatic heterocycles. The molecule has 0 fully saturated rings. The zero-order valence-corrected chi connectivity index (χ0v) is 13.5. The van der Waals surface area contributed by atoms with Crippen molar-refractivity contribution in [2.75, 3.05) is 19.1 Å². The topological polar surface area (TPSA) is 42.4 Å². The fraction of sp³-hybridized carbons (Fsp3) is 0.111. The quantitative estimate of drug-likeness (QED) is 0.725. The van der Waals surface area contributed by atoms with Crippen molar-refractivity contribution in [2.45, 2.75) is 0 Å². The fourth-order valence-corrected chi connectivity index (χ4v) is 2.56. The highest BCUT2D eigenvalue weighted by molar-refractivity contribution is 6.31. The summed E-state index contributed by atoms with van der Waals surface area (Å²) >= 11 is 6.04. The molecule has 0 radical (unpaired) electrons. The van der Waals surface area contributed by atoms with Crippen molar-refractivity contribution in [3.8, 4) is 5.75 Å². The molecule has 1 amide bonds. The van der Waals surface area contributed by atoms with Crippen LogP contribution in [0.4, 0.5) is 5.69 Å².